The van der Waals surface area contributed by atoms with Crippen molar-refractivity contribution in [1.29, 1.82) is 0 Å². The lowest BCUT2D eigenvalue weighted by molar-refractivity contribution is -0.00848. The summed E-state index contributed by atoms with van der Waals surface area (Å²) in [6.45, 7) is 3.94. The van der Waals surface area contributed by atoms with Gasteiger partial charge in [-0.25, -0.2) is 9.59 Å². The summed E-state index contributed by atoms with van der Waals surface area (Å²) in [7, 11) is 1.32. The number of nitrogens with one attached hydrogen (secondary N) is 2. The standard InChI is InChI=1S/C26H41ClN4O5/c1-34-26(33)29-10-13-36-24(20-7-4-9-22(27)15-20)21-8-5-11-31(17-21)25(32)30-16-23(28)14-19-6-2-3-12-35-18-19/h4,7,9,15,19,21,23-24H,2-3,5-6,8,10-14,16-18,28H2,1H3,(H,29,33)(H,30,32)/t19-,21-,23-,24?/m1/s1. The Kier molecular flexibility index (Phi) is 12.1. The second-order valence-electron chi connectivity index (χ2n) is 9.73. The molecule has 0 aromatic heterocycles. The molecule has 2 aliphatic heterocycles. The molecule has 0 aliphatic carbocycles. The largest absolute Gasteiger partial charge is 0.453 e. The highest BCUT2D eigenvalue weighted by Gasteiger charge is 2.31. The van der Waals surface area contributed by atoms with Crippen LogP contribution in [0.5, 0.6) is 0 Å². The van der Waals surface area contributed by atoms with Crippen molar-refractivity contribution in [2.75, 3.05) is 53.1 Å². The molecule has 1 aromatic carbocycles. The van der Waals surface area contributed by atoms with Crippen LogP contribution in [-0.4, -0.2) is 76.2 Å². The third-order valence-corrected chi connectivity index (χ3v) is 7.10. The van der Waals surface area contributed by atoms with Gasteiger partial charge >= 0.3 is 12.1 Å². The highest BCUT2D eigenvalue weighted by molar-refractivity contribution is 6.30. The number of carbonyl (C=O) groups is 2. The van der Waals surface area contributed by atoms with Crippen LogP contribution < -0.4 is 16.4 Å². The number of ether oxygens (including phenoxy) is 3. The molecule has 202 valence electrons. The highest BCUT2D eigenvalue weighted by Crippen LogP contribution is 2.34. The van der Waals surface area contributed by atoms with Gasteiger partial charge in [0.05, 0.1) is 19.8 Å². The van der Waals surface area contributed by atoms with Crippen molar-refractivity contribution in [1.82, 2.24) is 15.5 Å². The van der Waals surface area contributed by atoms with Gasteiger partial charge in [-0.3, -0.25) is 0 Å². The zero-order valence-electron chi connectivity index (χ0n) is 21.3. The summed E-state index contributed by atoms with van der Waals surface area (Å²) < 4.78 is 16.5. The van der Waals surface area contributed by atoms with Gasteiger partial charge in [-0.1, -0.05) is 30.2 Å². The van der Waals surface area contributed by atoms with Crippen LogP contribution in [0.25, 0.3) is 0 Å². The van der Waals surface area contributed by atoms with Crippen LogP contribution in [0, 0.1) is 11.8 Å². The first-order valence-electron chi connectivity index (χ1n) is 13.0. The van der Waals surface area contributed by atoms with E-state index in [9.17, 15) is 9.59 Å². The molecule has 0 spiro atoms. The Bertz CT molecular complexity index is 821. The van der Waals surface area contributed by atoms with E-state index in [0.29, 0.717) is 43.7 Å². The Labute approximate surface area is 219 Å². The number of amides is 3. The van der Waals surface area contributed by atoms with Gasteiger partial charge in [0.25, 0.3) is 0 Å². The number of methoxy groups -OCH3 is 1. The summed E-state index contributed by atoms with van der Waals surface area (Å²) in [5.74, 6) is 0.556. The van der Waals surface area contributed by atoms with E-state index in [1.807, 2.05) is 29.2 Å². The van der Waals surface area contributed by atoms with E-state index in [2.05, 4.69) is 15.4 Å². The summed E-state index contributed by atoms with van der Waals surface area (Å²) >= 11 is 6.26. The van der Waals surface area contributed by atoms with Gasteiger partial charge in [0, 0.05) is 56.4 Å². The molecule has 2 saturated heterocycles. The Morgan fingerprint density at radius 1 is 1.25 bits per heavy atom. The first-order chi connectivity index (χ1) is 17.5. The minimum atomic E-state index is -0.497. The number of hydrogen-bond acceptors (Lipinski definition) is 6. The molecule has 4 N–H and O–H groups in total. The topological polar surface area (TPSA) is 115 Å². The molecule has 9 nitrogen and oxygen atoms in total. The number of nitrogens with zero attached hydrogens (tertiary/aromatic N) is 1. The molecule has 0 bridgehead atoms. The Morgan fingerprint density at radius 2 is 2.11 bits per heavy atom. The van der Waals surface area contributed by atoms with Crippen LogP contribution in [0.2, 0.25) is 5.02 Å². The maximum atomic E-state index is 13.0. The smallest absolute Gasteiger partial charge is 0.406 e. The van der Waals surface area contributed by atoms with Crippen LogP contribution in [0.3, 0.4) is 0 Å². The van der Waals surface area contributed by atoms with Gasteiger partial charge in [0.2, 0.25) is 0 Å². The maximum absolute atomic E-state index is 13.0. The summed E-state index contributed by atoms with van der Waals surface area (Å²) in [5, 5.41) is 6.30. The maximum Gasteiger partial charge on any atom is 0.406 e. The molecular weight excluding hydrogens is 484 g/mol. The van der Waals surface area contributed by atoms with Gasteiger partial charge in [-0.15, -0.1) is 0 Å². The number of benzene rings is 1. The summed E-state index contributed by atoms with van der Waals surface area (Å²) in [6, 6.07) is 7.42. The van der Waals surface area contributed by atoms with E-state index < -0.39 is 6.09 Å². The molecule has 3 amide bonds. The van der Waals surface area contributed by atoms with Crippen molar-refractivity contribution in [3.63, 3.8) is 0 Å². The number of piperidine rings is 1. The van der Waals surface area contributed by atoms with Crippen molar-refractivity contribution in [2.45, 2.75) is 50.7 Å². The van der Waals surface area contributed by atoms with Crippen molar-refractivity contribution in [2.24, 2.45) is 17.6 Å². The average molecular weight is 525 g/mol. The van der Waals surface area contributed by atoms with Gasteiger partial charge < -0.3 is 35.5 Å². The van der Waals surface area contributed by atoms with Crippen molar-refractivity contribution >= 4 is 23.7 Å². The number of carbonyl (C=O) groups excluding carboxylic acids is 2. The molecule has 2 heterocycles. The second-order valence-corrected chi connectivity index (χ2v) is 10.2. The lowest BCUT2D eigenvalue weighted by atomic mass is 9.88. The van der Waals surface area contributed by atoms with Crippen LogP contribution in [0.4, 0.5) is 9.59 Å². The van der Waals surface area contributed by atoms with Crippen LogP contribution in [0.1, 0.15) is 50.2 Å². The fourth-order valence-corrected chi connectivity index (χ4v) is 5.24. The predicted molar refractivity (Wildman–Crippen MR) is 139 cm³/mol. The van der Waals surface area contributed by atoms with E-state index in [1.54, 1.807) is 0 Å². The van der Waals surface area contributed by atoms with Crippen LogP contribution in [-0.2, 0) is 14.2 Å². The highest BCUT2D eigenvalue weighted by atomic mass is 35.5. The number of alkyl carbamates (subject to hydrolysis) is 1. The molecule has 36 heavy (non-hydrogen) atoms. The minimum absolute atomic E-state index is 0.0916. The number of urea groups is 1. The van der Waals surface area contributed by atoms with Crippen LogP contribution in [0.15, 0.2) is 24.3 Å². The quantitative estimate of drug-likeness (QED) is 0.402. The molecule has 0 radical (unpaired) electrons. The molecular formula is C26H41ClN4O5. The average Bonchev–Trinajstić information content (AvgIpc) is 3.15. The zero-order valence-corrected chi connectivity index (χ0v) is 22.0. The number of nitrogens with two attached hydrogens (primary N) is 1. The summed E-state index contributed by atoms with van der Waals surface area (Å²) in [4.78, 5) is 26.2. The third kappa shape index (κ3) is 9.42. The predicted octanol–water partition coefficient (Wildman–Crippen LogP) is 3.71. The van der Waals surface area contributed by atoms with E-state index in [-0.39, 0.29) is 24.1 Å². The summed E-state index contributed by atoms with van der Waals surface area (Å²) in [5.41, 5.74) is 7.30. The Balaban J connectivity index is 1.53. The third-order valence-electron chi connectivity index (χ3n) is 6.86. The monoisotopic (exact) mass is 524 g/mol. The normalized spacial score (nSPS) is 22.2. The second kappa shape index (κ2) is 15.2. The Morgan fingerprint density at radius 3 is 2.92 bits per heavy atom. The van der Waals surface area contributed by atoms with Gasteiger partial charge in [0.1, 0.15) is 0 Å². The molecule has 0 saturated carbocycles. The zero-order chi connectivity index (χ0) is 25.8. The van der Waals surface area contributed by atoms with E-state index >= 15 is 0 Å². The van der Waals surface area contributed by atoms with Gasteiger partial charge in [0.15, 0.2) is 0 Å². The van der Waals surface area contributed by atoms with Gasteiger partial charge in [-0.2, -0.15) is 0 Å². The van der Waals surface area contributed by atoms with Crippen molar-refractivity contribution in [3.8, 4) is 0 Å². The lowest BCUT2D eigenvalue weighted by Crippen LogP contribution is -2.49. The molecule has 2 aliphatic rings. The van der Waals surface area contributed by atoms with E-state index in [0.717, 1.165) is 50.9 Å². The molecule has 2 fully saturated rings. The fraction of sp³-hybridized carbons (Fsp3) is 0.692. The van der Waals surface area contributed by atoms with Crippen molar-refractivity contribution in [3.05, 3.63) is 34.9 Å². The number of hydrogen-bond donors (Lipinski definition) is 3. The lowest BCUT2D eigenvalue weighted by Gasteiger charge is -2.37. The number of likely N-dealkylation sites (tertiary alicyclic amines) is 1. The number of rotatable bonds is 10. The molecule has 3 rings (SSSR count). The van der Waals surface area contributed by atoms with E-state index in [1.165, 1.54) is 13.5 Å². The molecule has 1 aromatic rings. The molecule has 10 heteroatoms. The van der Waals surface area contributed by atoms with Crippen LogP contribution >= 0.6 is 11.6 Å². The van der Waals surface area contributed by atoms with E-state index in [4.69, 9.17) is 26.8 Å². The first-order valence-corrected chi connectivity index (χ1v) is 13.4. The number of halogens is 1. The van der Waals surface area contributed by atoms with Gasteiger partial charge in [-0.05, 0) is 55.7 Å². The molecule has 4 atom stereocenters. The minimum Gasteiger partial charge on any atom is -0.453 e. The molecule has 1 unspecified atom stereocenters. The summed E-state index contributed by atoms with van der Waals surface area (Å²) in [6.07, 6.45) is 5.33. The SMILES string of the molecule is COC(=O)NCCOC(c1cccc(Cl)c1)[C@@H]1CCCN(C(=O)NC[C@H](N)C[C@H]2CCCCOC2)C1. The van der Waals surface area contributed by atoms with Crippen molar-refractivity contribution < 1.29 is 23.8 Å². The first kappa shape index (κ1) is 28.5. The Hall–Kier alpha value is -2.07. The fourth-order valence-electron chi connectivity index (χ4n) is 5.04.